The summed E-state index contributed by atoms with van der Waals surface area (Å²) in [6.07, 6.45) is 40.8. The molecule has 240 valence electrons. The molecule has 40 heavy (non-hydrogen) atoms. The lowest BCUT2D eigenvalue weighted by atomic mass is 9.79. The maximum absolute atomic E-state index is 13.2. The first-order valence-electron chi connectivity index (χ1n) is 18.8. The molecule has 0 amide bonds. The molecule has 0 aliphatic carbocycles. The Kier molecular flexibility index (Phi) is 31.0. The van der Waals surface area contributed by atoms with Crippen molar-refractivity contribution in [2.45, 2.75) is 227 Å². The van der Waals surface area contributed by atoms with Crippen LogP contribution in [0.5, 0.6) is 0 Å². The van der Waals surface area contributed by atoms with Gasteiger partial charge in [-0.1, -0.05) is 201 Å². The third-order valence-electron chi connectivity index (χ3n) is 9.14. The lowest BCUT2D eigenvalue weighted by molar-refractivity contribution is -0.156. The van der Waals surface area contributed by atoms with Crippen molar-refractivity contribution in [1.82, 2.24) is 0 Å². The van der Waals surface area contributed by atoms with E-state index in [1.807, 2.05) is 0 Å². The topological polar surface area (TPSA) is 26.3 Å². The summed E-state index contributed by atoms with van der Waals surface area (Å²) in [5, 5.41) is 0. The first-order valence-corrected chi connectivity index (χ1v) is 18.8. The van der Waals surface area contributed by atoms with Crippen molar-refractivity contribution in [3.63, 3.8) is 0 Å². The van der Waals surface area contributed by atoms with E-state index in [0.717, 1.165) is 19.3 Å². The molecule has 1 atom stereocenters. The highest BCUT2D eigenvalue weighted by molar-refractivity contribution is 5.76. The fourth-order valence-corrected chi connectivity index (χ4v) is 6.09. The van der Waals surface area contributed by atoms with Crippen molar-refractivity contribution >= 4 is 5.97 Å². The lowest BCUT2D eigenvalue weighted by Gasteiger charge is -2.27. The number of ether oxygens (including phenoxy) is 1. The van der Waals surface area contributed by atoms with Gasteiger partial charge in [-0.05, 0) is 26.2 Å². The summed E-state index contributed by atoms with van der Waals surface area (Å²) >= 11 is 0. The molecule has 0 saturated heterocycles. The van der Waals surface area contributed by atoms with E-state index in [2.05, 4.69) is 27.7 Å². The molecule has 0 saturated carbocycles. The van der Waals surface area contributed by atoms with Crippen molar-refractivity contribution in [3.05, 3.63) is 0 Å². The normalized spacial score (nSPS) is 13.0. The zero-order chi connectivity index (χ0) is 29.4. The van der Waals surface area contributed by atoms with Crippen LogP contribution in [0.1, 0.15) is 227 Å². The Morgan fingerprint density at radius 2 is 0.650 bits per heavy atom. The SMILES string of the molecule is CCCCCCCCCCCCCCC(C)(CCCCCCCCCCCC)C(=O)OCCCCCCCCC. The van der Waals surface area contributed by atoms with Gasteiger partial charge in [-0.25, -0.2) is 0 Å². The second kappa shape index (κ2) is 31.4. The first kappa shape index (κ1) is 39.5. The van der Waals surface area contributed by atoms with E-state index in [-0.39, 0.29) is 11.4 Å². The van der Waals surface area contributed by atoms with Gasteiger partial charge in [0.1, 0.15) is 0 Å². The lowest BCUT2D eigenvalue weighted by Crippen LogP contribution is -2.30. The van der Waals surface area contributed by atoms with Crippen LogP contribution in [-0.2, 0) is 9.53 Å². The predicted octanol–water partition coefficient (Wildman–Crippen LogP) is 13.7. The molecule has 0 aromatic heterocycles. The molecule has 2 nitrogen and oxygen atoms in total. The zero-order valence-corrected chi connectivity index (χ0v) is 28.4. The summed E-state index contributed by atoms with van der Waals surface area (Å²) in [7, 11) is 0. The van der Waals surface area contributed by atoms with E-state index in [9.17, 15) is 4.79 Å². The van der Waals surface area contributed by atoms with E-state index in [0.29, 0.717) is 6.61 Å². The highest BCUT2D eigenvalue weighted by Crippen LogP contribution is 2.33. The predicted molar refractivity (Wildman–Crippen MR) is 179 cm³/mol. The maximum atomic E-state index is 13.2. The molecule has 0 aliphatic rings. The average molecular weight is 565 g/mol. The number of hydrogen-bond acceptors (Lipinski definition) is 2. The fourth-order valence-electron chi connectivity index (χ4n) is 6.09. The summed E-state index contributed by atoms with van der Waals surface area (Å²) in [5.74, 6) is 0.0949. The van der Waals surface area contributed by atoms with Gasteiger partial charge in [0.2, 0.25) is 0 Å². The summed E-state index contributed by atoms with van der Waals surface area (Å²) in [5.41, 5.74) is -0.278. The van der Waals surface area contributed by atoms with Gasteiger partial charge in [0.05, 0.1) is 12.0 Å². The fraction of sp³-hybridized carbons (Fsp3) is 0.974. The van der Waals surface area contributed by atoms with Crippen molar-refractivity contribution in [2.24, 2.45) is 5.41 Å². The third-order valence-corrected chi connectivity index (χ3v) is 9.14. The van der Waals surface area contributed by atoms with Crippen molar-refractivity contribution < 1.29 is 9.53 Å². The molecule has 0 aliphatic heterocycles. The average Bonchev–Trinajstić information content (AvgIpc) is 2.96. The van der Waals surface area contributed by atoms with Gasteiger partial charge in [-0.3, -0.25) is 4.79 Å². The number of carbonyl (C=O) groups excluding carboxylic acids is 1. The first-order chi connectivity index (χ1) is 19.6. The van der Waals surface area contributed by atoms with Gasteiger partial charge < -0.3 is 4.74 Å². The molecule has 0 spiro atoms. The zero-order valence-electron chi connectivity index (χ0n) is 28.4. The van der Waals surface area contributed by atoms with E-state index in [1.165, 1.54) is 180 Å². The minimum absolute atomic E-state index is 0.0949. The summed E-state index contributed by atoms with van der Waals surface area (Å²) in [6.45, 7) is 9.69. The molecule has 0 aromatic rings. The molecule has 1 unspecified atom stereocenters. The summed E-state index contributed by atoms with van der Waals surface area (Å²) < 4.78 is 5.90. The molecule has 2 heteroatoms. The van der Waals surface area contributed by atoms with Crippen LogP contribution in [0.25, 0.3) is 0 Å². The molecule has 0 rings (SSSR count). The molecule has 0 fully saturated rings. The van der Waals surface area contributed by atoms with Crippen LogP contribution in [0.4, 0.5) is 0 Å². The van der Waals surface area contributed by atoms with Crippen LogP contribution in [0.15, 0.2) is 0 Å². The molecule has 0 heterocycles. The largest absolute Gasteiger partial charge is 0.465 e. The Labute approximate surface area is 254 Å². The molecular formula is C38H76O2. The summed E-state index contributed by atoms with van der Waals surface area (Å²) in [4.78, 5) is 13.2. The standard InChI is InChI=1S/C38H76O2/c1-5-8-11-14-17-19-21-22-24-26-29-32-35-38(4,34-31-28-25-23-20-18-15-12-9-6-2)37(39)40-36-33-30-27-16-13-10-7-3/h5-36H2,1-4H3. The molecule has 0 radical (unpaired) electrons. The van der Waals surface area contributed by atoms with Crippen LogP contribution in [0.2, 0.25) is 0 Å². The van der Waals surface area contributed by atoms with E-state index >= 15 is 0 Å². The number of carbonyl (C=O) groups is 1. The van der Waals surface area contributed by atoms with Crippen LogP contribution in [-0.4, -0.2) is 12.6 Å². The van der Waals surface area contributed by atoms with Gasteiger partial charge in [0.25, 0.3) is 0 Å². The van der Waals surface area contributed by atoms with Crippen molar-refractivity contribution in [1.29, 1.82) is 0 Å². The monoisotopic (exact) mass is 565 g/mol. The molecule has 0 N–H and O–H groups in total. The Morgan fingerprint density at radius 1 is 0.400 bits per heavy atom. The van der Waals surface area contributed by atoms with Crippen LogP contribution >= 0.6 is 0 Å². The van der Waals surface area contributed by atoms with Crippen LogP contribution in [0.3, 0.4) is 0 Å². The Balaban J connectivity index is 4.22. The molecule has 0 bridgehead atoms. The second-order valence-electron chi connectivity index (χ2n) is 13.4. The van der Waals surface area contributed by atoms with Gasteiger partial charge >= 0.3 is 5.97 Å². The Bertz CT molecular complexity index is 502. The second-order valence-corrected chi connectivity index (χ2v) is 13.4. The van der Waals surface area contributed by atoms with Gasteiger partial charge in [0, 0.05) is 0 Å². The van der Waals surface area contributed by atoms with E-state index in [4.69, 9.17) is 4.74 Å². The smallest absolute Gasteiger partial charge is 0.311 e. The quantitative estimate of drug-likeness (QED) is 0.0585. The maximum Gasteiger partial charge on any atom is 0.311 e. The van der Waals surface area contributed by atoms with Crippen LogP contribution < -0.4 is 0 Å². The van der Waals surface area contributed by atoms with Gasteiger partial charge in [0.15, 0.2) is 0 Å². The number of rotatable bonds is 33. The van der Waals surface area contributed by atoms with Crippen LogP contribution in [0, 0.1) is 5.41 Å². The summed E-state index contributed by atoms with van der Waals surface area (Å²) in [6, 6.07) is 0. The van der Waals surface area contributed by atoms with E-state index in [1.54, 1.807) is 0 Å². The van der Waals surface area contributed by atoms with E-state index < -0.39 is 0 Å². The number of esters is 1. The highest BCUT2D eigenvalue weighted by Gasteiger charge is 2.33. The minimum Gasteiger partial charge on any atom is -0.465 e. The minimum atomic E-state index is -0.278. The Hall–Kier alpha value is -0.530. The van der Waals surface area contributed by atoms with Crippen molar-refractivity contribution in [3.8, 4) is 0 Å². The third kappa shape index (κ3) is 26.4. The van der Waals surface area contributed by atoms with Crippen molar-refractivity contribution in [2.75, 3.05) is 6.61 Å². The van der Waals surface area contributed by atoms with Gasteiger partial charge in [-0.15, -0.1) is 0 Å². The Morgan fingerprint density at radius 3 is 0.950 bits per heavy atom. The molecular weight excluding hydrogens is 488 g/mol. The van der Waals surface area contributed by atoms with Gasteiger partial charge in [-0.2, -0.15) is 0 Å². The highest BCUT2D eigenvalue weighted by atomic mass is 16.5. The number of unbranched alkanes of at least 4 members (excludes halogenated alkanes) is 26. The molecule has 0 aromatic carbocycles. The number of hydrogen-bond donors (Lipinski definition) is 0.